The molecule has 2 aromatic rings. The largest absolute Gasteiger partial charge is 0.461 e. The maximum atomic E-state index is 12.6. The number of benzene rings is 1. The van der Waals surface area contributed by atoms with Gasteiger partial charge in [-0.2, -0.15) is 13.2 Å². The predicted molar refractivity (Wildman–Crippen MR) is 78.4 cm³/mol. The molecule has 116 valence electrons. The topological polar surface area (TPSA) is 39.2 Å². The summed E-state index contributed by atoms with van der Waals surface area (Å²) >= 11 is 1.21. The number of nitrogens with zero attached hydrogens (tertiary/aromatic N) is 1. The van der Waals surface area contributed by atoms with Gasteiger partial charge in [-0.15, -0.1) is 11.3 Å². The molecule has 0 fully saturated rings. The van der Waals surface area contributed by atoms with E-state index in [-0.39, 0.29) is 12.3 Å². The summed E-state index contributed by atoms with van der Waals surface area (Å²) in [4.78, 5) is 15.5. The van der Waals surface area contributed by atoms with E-state index in [2.05, 4.69) is 4.98 Å². The number of rotatable bonds is 4. The molecule has 1 aromatic carbocycles. The number of carbonyl (C=O) groups is 1. The van der Waals surface area contributed by atoms with Crippen LogP contribution < -0.4 is 0 Å². The van der Waals surface area contributed by atoms with Gasteiger partial charge >= 0.3 is 12.1 Å². The van der Waals surface area contributed by atoms with E-state index in [9.17, 15) is 18.0 Å². The Hall–Kier alpha value is -2.15. The normalized spacial score (nSPS) is 11.8. The molecule has 1 heterocycles. The van der Waals surface area contributed by atoms with E-state index in [1.165, 1.54) is 23.5 Å². The van der Waals surface area contributed by atoms with E-state index in [0.29, 0.717) is 10.6 Å². The Labute approximate surface area is 129 Å². The van der Waals surface area contributed by atoms with Crippen LogP contribution >= 0.6 is 11.3 Å². The number of thiazole rings is 1. The lowest BCUT2D eigenvalue weighted by molar-refractivity contribution is -0.137. The molecule has 0 spiro atoms. The van der Waals surface area contributed by atoms with Gasteiger partial charge in [0.1, 0.15) is 5.01 Å². The maximum absolute atomic E-state index is 12.6. The third kappa shape index (κ3) is 4.17. The van der Waals surface area contributed by atoms with Gasteiger partial charge in [0.15, 0.2) is 5.69 Å². The Morgan fingerprint density at radius 1 is 1.36 bits per heavy atom. The zero-order valence-corrected chi connectivity index (χ0v) is 12.4. The Morgan fingerprint density at radius 3 is 2.82 bits per heavy atom. The molecule has 2 rings (SSSR count). The van der Waals surface area contributed by atoms with Crippen LogP contribution in [0.2, 0.25) is 0 Å². The summed E-state index contributed by atoms with van der Waals surface area (Å²) in [6, 6.07) is 4.97. The van der Waals surface area contributed by atoms with Gasteiger partial charge in [0, 0.05) is 5.38 Å². The zero-order chi connectivity index (χ0) is 16.2. The monoisotopic (exact) mass is 327 g/mol. The van der Waals surface area contributed by atoms with Crippen LogP contribution in [0.4, 0.5) is 13.2 Å². The van der Waals surface area contributed by atoms with Crippen LogP contribution in [0.1, 0.15) is 33.5 Å². The van der Waals surface area contributed by atoms with E-state index in [1.54, 1.807) is 24.4 Å². The van der Waals surface area contributed by atoms with Crippen LogP contribution in [0, 0.1) is 0 Å². The molecule has 0 saturated heterocycles. The number of aromatic nitrogens is 1. The number of hydrogen-bond acceptors (Lipinski definition) is 4. The van der Waals surface area contributed by atoms with Crippen LogP contribution in [0.5, 0.6) is 0 Å². The molecule has 0 amide bonds. The minimum atomic E-state index is -4.37. The maximum Gasteiger partial charge on any atom is 0.416 e. The standard InChI is InChI=1S/C15H12F3NO2S/c1-2-21-14(20)12-9-22-13(19-12)7-6-10-4-3-5-11(8-10)15(16,17)18/h3-9H,2H2,1H3. The van der Waals surface area contributed by atoms with Gasteiger partial charge in [-0.05, 0) is 30.7 Å². The number of ether oxygens (including phenoxy) is 1. The van der Waals surface area contributed by atoms with Gasteiger partial charge in [-0.25, -0.2) is 9.78 Å². The molecule has 0 atom stereocenters. The van der Waals surface area contributed by atoms with Crippen molar-refractivity contribution >= 4 is 29.5 Å². The average Bonchev–Trinajstić information content (AvgIpc) is 2.94. The van der Waals surface area contributed by atoms with E-state index in [4.69, 9.17) is 4.74 Å². The Balaban J connectivity index is 2.14. The van der Waals surface area contributed by atoms with Gasteiger partial charge in [0.2, 0.25) is 0 Å². The fourth-order valence-corrected chi connectivity index (χ4v) is 2.33. The van der Waals surface area contributed by atoms with Gasteiger partial charge in [0.25, 0.3) is 0 Å². The van der Waals surface area contributed by atoms with Crippen LogP contribution in [0.15, 0.2) is 29.6 Å². The number of alkyl halides is 3. The Morgan fingerprint density at radius 2 is 2.14 bits per heavy atom. The SMILES string of the molecule is CCOC(=O)c1csc(C=Cc2cccc(C(F)(F)F)c2)n1. The van der Waals surface area contributed by atoms with Crippen LogP contribution in [-0.2, 0) is 10.9 Å². The third-order valence-electron chi connectivity index (χ3n) is 2.64. The van der Waals surface area contributed by atoms with Crippen LogP contribution in [0.3, 0.4) is 0 Å². The highest BCUT2D eigenvalue weighted by Crippen LogP contribution is 2.29. The first-order chi connectivity index (χ1) is 10.4. The molecule has 0 N–H and O–H groups in total. The Bertz CT molecular complexity index is 692. The summed E-state index contributed by atoms with van der Waals surface area (Å²) in [7, 11) is 0. The lowest BCUT2D eigenvalue weighted by Crippen LogP contribution is -2.04. The molecule has 1 aromatic heterocycles. The predicted octanol–water partition coefficient (Wildman–Crippen LogP) is 4.51. The molecule has 0 aliphatic rings. The van der Waals surface area contributed by atoms with Gasteiger partial charge in [-0.1, -0.05) is 18.2 Å². The molecular weight excluding hydrogens is 315 g/mol. The fourth-order valence-electron chi connectivity index (χ4n) is 1.65. The molecule has 0 bridgehead atoms. The minimum Gasteiger partial charge on any atom is -0.461 e. The highest BCUT2D eigenvalue weighted by molar-refractivity contribution is 7.10. The Kier molecular flexibility index (Phi) is 4.97. The quantitative estimate of drug-likeness (QED) is 0.776. The smallest absolute Gasteiger partial charge is 0.416 e. The van der Waals surface area contributed by atoms with E-state index in [0.717, 1.165) is 12.1 Å². The molecule has 0 aliphatic heterocycles. The highest BCUT2D eigenvalue weighted by atomic mass is 32.1. The van der Waals surface area contributed by atoms with Crippen molar-refractivity contribution in [2.24, 2.45) is 0 Å². The second kappa shape index (κ2) is 6.74. The molecule has 0 unspecified atom stereocenters. The highest BCUT2D eigenvalue weighted by Gasteiger charge is 2.30. The minimum absolute atomic E-state index is 0.190. The van der Waals surface area contributed by atoms with Gasteiger partial charge < -0.3 is 4.74 Å². The molecule has 0 radical (unpaired) electrons. The average molecular weight is 327 g/mol. The zero-order valence-electron chi connectivity index (χ0n) is 11.6. The van der Waals surface area contributed by atoms with Gasteiger partial charge in [-0.3, -0.25) is 0 Å². The molecule has 3 nitrogen and oxygen atoms in total. The fraction of sp³-hybridized carbons (Fsp3) is 0.200. The molecular formula is C15H12F3NO2S. The van der Waals surface area contributed by atoms with Crippen molar-refractivity contribution in [3.63, 3.8) is 0 Å². The van der Waals surface area contributed by atoms with Crippen molar-refractivity contribution in [1.82, 2.24) is 4.98 Å². The summed E-state index contributed by atoms with van der Waals surface area (Å²) in [5, 5.41) is 2.06. The van der Waals surface area contributed by atoms with Crippen molar-refractivity contribution in [3.8, 4) is 0 Å². The summed E-state index contributed by atoms with van der Waals surface area (Å²) in [5.74, 6) is -0.516. The van der Waals surface area contributed by atoms with Crippen LogP contribution in [0.25, 0.3) is 12.2 Å². The first-order valence-corrected chi connectivity index (χ1v) is 7.26. The van der Waals surface area contributed by atoms with E-state index >= 15 is 0 Å². The number of carbonyl (C=O) groups excluding carboxylic acids is 1. The van der Waals surface area contributed by atoms with Crippen LogP contribution in [-0.4, -0.2) is 17.6 Å². The van der Waals surface area contributed by atoms with E-state index in [1.807, 2.05) is 0 Å². The third-order valence-corrected chi connectivity index (χ3v) is 3.45. The molecule has 7 heteroatoms. The van der Waals surface area contributed by atoms with Crippen molar-refractivity contribution in [1.29, 1.82) is 0 Å². The first kappa shape index (κ1) is 16.2. The van der Waals surface area contributed by atoms with Crippen molar-refractivity contribution < 1.29 is 22.7 Å². The van der Waals surface area contributed by atoms with Crippen molar-refractivity contribution in [2.75, 3.05) is 6.61 Å². The van der Waals surface area contributed by atoms with Gasteiger partial charge in [0.05, 0.1) is 12.2 Å². The summed E-state index contributed by atoms with van der Waals surface area (Å²) in [6.45, 7) is 1.95. The number of halogens is 3. The summed E-state index contributed by atoms with van der Waals surface area (Å²) in [5.41, 5.74) is -0.112. The molecule has 0 aliphatic carbocycles. The second-order valence-corrected chi connectivity index (χ2v) is 5.14. The first-order valence-electron chi connectivity index (χ1n) is 6.38. The molecule has 0 saturated carbocycles. The van der Waals surface area contributed by atoms with Crippen molar-refractivity contribution in [3.05, 3.63) is 51.5 Å². The van der Waals surface area contributed by atoms with E-state index < -0.39 is 17.7 Å². The van der Waals surface area contributed by atoms with Crippen molar-refractivity contribution in [2.45, 2.75) is 13.1 Å². The lowest BCUT2D eigenvalue weighted by atomic mass is 10.1. The number of hydrogen-bond donors (Lipinski definition) is 0. The second-order valence-electron chi connectivity index (χ2n) is 4.25. The number of esters is 1. The molecule has 22 heavy (non-hydrogen) atoms. The summed E-state index contributed by atoms with van der Waals surface area (Å²) < 4.78 is 42.6. The lowest BCUT2D eigenvalue weighted by Gasteiger charge is -2.06. The summed E-state index contributed by atoms with van der Waals surface area (Å²) in [6.07, 6.45) is -1.30.